The summed E-state index contributed by atoms with van der Waals surface area (Å²) in [4.78, 5) is 29.0. The predicted octanol–water partition coefficient (Wildman–Crippen LogP) is 0.405. The van der Waals surface area contributed by atoms with Crippen molar-refractivity contribution in [1.82, 2.24) is 25.1 Å². The Morgan fingerprint density at radius 3 is 2.67 bits per heavy atom. The molecule has 1 aromatic rings. The van der Waals surface area contributed by atoms with E-state index in [-0.39, 0.29) is 36.0 Å². The van der Waals surface area contributed by atoms with Crippen molar-refractivity contribution in [1.29, 1.82) is 0 Å². The first-order valence-corrected chi connectivity index (χ1v) is 9.14. The van der Waals surface area contributed by atoms with E-state index in [1.54, 1.807) is 25.6 Å². The summed E-state index contributed by atoms with van der Waals surface area (Å²) in [7, 11) is 1.78. The number of anilines is 1. The molecule has 10 heteroatoms. The first-order chi connectivity index (χ1) is 12.8. The number of hydrogen-bond donors (Lipinski definition) is 2. The molecule has 1 amide bonds. The second-order valence-corrected chi connectivity index (χ2v) is 6.31. The molecule has 150 valence electrons. The number of aliphatic imine (C=N–C) groups is 1. The molecule has 2 saturated heterocycles. The van der Waals surface area contributed by atoms with Crippen LogP contribution in [0.5, 0.6) is 0 Å². The lowest BCUT2D eigenvalue weighted by Gasteiger charge is -2.37. The van der Waals surface area contributed by atoms with Crippen LogP contribution in [-0.4, -0.2) is 90.7 Å². The van der Waals surface area contributed by atoms with Crippen molar-refractivity contribution >= 4 is 41.7 Å². The van der Waals surface area contributed by atoms with Gasteiger partial charge in [0.2, 0.25) is 0 Å². The predicted molar refractivity (Wildman–Crippen MR) is 114 cm³/mol. The number of carbonyl (C=O) groups excluding carboxylic acids is 1. The number of aromatic nitrogens is 2. The topological polar surface area (TPSA) is 95.0 Å². The smallest absolute Gasteiger partial charge is 0.251 e. The van der Waals surface area contributed by atoms with E-state index in [0.717, 1.165) is 50.8 Å². The summed E-state index contributed by atoms with van der Waals surface area (Å²) >= 11 is 0. The molecular weight excluding hydrogens is 461 g/mol. The zero-order chi connectivity index (χ0) is 18.2. The molecule has 2 N–H and O–H groups in total. The Morgan fingerprint density at radius 1 is 1.26 bits per heavy atom. The molecule has 0 saturated carbocycles. The summed E-state index contributed by atoms with van der Waals surface area (Å²) in [6, 6.07) is 0. The third-order valence-electron chi connectivity index (χ3n) is 4.59. The molecule has 2 fully saturated rings. The quantitative estimate of drug-likeness (QED) is 0.268. The van der Waals surface area contributed by atoms with Crippen molar-refractivity contribution in [3.8, 4) is 0 Å². The number of carbonyl (C=O) groups is 1. The van der Waals surface area contributed by atoms with Gasteiger partial charge < -0.3 is 25.2 Å². The number of nitrogens with zero attached hydrogens (tertiary/aromatic N) is 5. The highest BCUT2D eigenvalue weighted by atomic mass is 127. The van der Waals surface area contributed by atoms with Gasteiger partial charge in [0.05, 0.1) is 6.20 Å². The SMILES string of the molecule is CN=C(NCCNc1cnccn1)N1CCN(C(=O)C2CCCO2)CC1.I. The molecule has 3 rings (SSSR count). The zero-order valence-corrected chi connectivity index (χ0v) is 18.0. The fourth-order valence-electron chi connectivity index (χ4n) is 3.20. The largest absolute Gasteiger partial charge is 0.368 e. The monoisotopic (exact) mass is 489 g/mol. The molecular formula is C17H28IN7O2. The van der Waals surface area contributed by atoms with E-state index in [9.17, 15) is 4.79 Å². The molecule has 0 spiro atoms. The summed E-state index contributed by atoms with van der Waals surface area (Å²) in [6.07, 6.45) is 6.60. The second-order valence-electron chi connectivity index (χ2n) is 6.31. The average Bonchev–Trinajstić information content (AvgIpc) is 3.23. The van der Waals surface area contributed by atoms with Gasteiger partial charge in [-0.3, -0.25) is 14.8 Å². The fourth-order valence-corrected chi connectivity index (χ4v) is 3.20. The molecule has 0 aliphatic carbocycles. The number of hydrogen-bond acceptors (Lipinski definition) is 6. The van der Waals surface area contributed by atoms with E-state index in [0.29, 0.717) is 19.7 Å². The zero-order valence-electron chi connectivity index (χ0n) is 15.6. The lowest BCUT2D eigenvalue weighted by atomic mass is 10.2. The van der Waals surface area contributed by atoms with Crippen molar-refractivity contribution < 1.29 is 9.53 Å². The molecule has 0 bridgehead atoms. The van der Waals surface area contributed by atoms with Crippen LogP contribution in [0.4, 0.5) is 5.82 Å². The maximum Gasteiger partial charge on any atom is 0.251 e. The van der Waals surface area contributed by atoms with Gasteiger partial charge in [0.1, 0.15) is 11.9 Å². The second kappa shape index (κ2) is 11.2. The Morgan fingerprint density at radius 2 is 2.04 bits per heavy atom. The van der Waals surface area contributed by atoms with Crippen LogP contribution in [-0.2, 0) is 9.53 Å². The average molecular weight is 489 g/mol. The highest BCUT2D eigenvalue weighted by Gasteiger charge is 2.30. The maximum atomic E-state index is 12.4. The van der Waals surface area contributed by atoms with Gasteiger partial charge in [-0.1, -0.05) is 0 Å². The first kappa shape index (κ1) is 21.6. The van der Waals surface area contributed by atoms with E-state index in [2.05, 4.69) is 30.5 Å². The molecule has 9 nitrogen and oxygen atoms in total. The van der Waals surface area contributed by atoms with Gasteiger partial charge in [-0.15, -0.1) is 24.0 Å². The van der Waals surface area contributed by atoms with Crippen molar-refractivity contribution in [2.24, 2.45) is 4.99 Å². The maximum absolute atomic E-state index is 12.4. The number of ether oxygens (including phenoxy) is 1. The van der Waals surface area contributed by atoms with E-state index in [1.165, 1.54) is 0 Å². The van der Waals surface area contributed by atoms with Crippen molar-refractivity contribution in [2.75, 3.05) is 58.2 Å². The van der Waals surface area contributed by atoms with Crippen LogP contribution in [0, 0.1) is 0 Å². The Hall–Kier alpha value is -1.69. The Bertz CT molecular complexity index is 603. The normalized spacial score (nSPS) is 20.2. The summed E-state index contributed by atoms with van der Waals surface area (Å²) < 4.78 is 5.51. The van der Waals surface area contributed by atoms with Gasteiger partial charge in [-0.2, -0.15) is 0 Å². The van der Waals surface area contributed by atoms with E-state index in [1.807, 2.05) is 4.90 Å². The molecule has 3 heterocycles. The van der Waals surface area contributed by atoms with Crippen LogP contribution < -0.4 is 10.6 Å². The Balaban J connectivity index is 0.00000261. The summed E-state index contributed by atoms with van der Waals surface area (Å²) in [5, 5.41) is 6.55. The number of nitrogens with one attached hydrogen (secondary N) is 2. The van der Waals surface area contributed by atoms with Crippen LogP contribution in [0.25, 0.3) is 0 Å². The van der Waals surface area contributed by atoms with Gasteiger partial charge in [-0.25, -0.2) is 4.98 Å². The number of rotatable bonds is 5. The molecule has 1 unspecified atom stereocenters. The van der Waals surface area contributed by atoms with Crippen LogP contribution in [0.1, 0.15) is 12.8 Å². The minimum Gasteiger partial charge on any atom is -0.368 e. The lowest BCUT2D eigenvalue weighted by molar-refractivity contribution is -0.142. The Kier molecular flexibility index (Phi) is 8.98. The van der Waals surface area contributed by atoms with E-state index in [4.69, 9.17) is 4.74 Å². The summed E-state index contributed by atoms with van der Waals surface area (Å²) in [5.41, 5.74) is 0. The van der Waals surface area contributed by atoms with Crippen LogP contribution in [0.3, 0.4) is 0 Å². The van der Waals surface area contributed by atoms with Gasteiger partial charge in [-0.05, 0) is 12.8 Å². The number of guanidine groups is 1. The molecule has 2 aliphatic heterocycles. The third-order valence-corrected chi connectivity index (χ3v) is 4.59. The lowest BCUT2D eigenvalue weighted by Crippen LogP contribution is -2.55. The Labute approximate surface area is 177 Å². The number of piperazine rings is 1. The number of amides is 1. The van der Waals surface area contributed by atoms with Crippen LogP contribution in [0.2, 0.25) is 0 Å². The highest BCUT2D eigenvalue weighted by Crippen LogP contribution is 2.16. The van der Waals surface area contributed by atoms with Gasteiger partial charge in [0.15, 0.2) is 5.96 Å². The molecule has 27 heavy (non-hydrogen) atoms. The molecule has 0 radical (unpaired) electrons. The fraction of sp³-hybridized carbons (Fsp3) is 0.647. The first-order valence-electron chi connectivity index (χ1n) is 9.14. The minimum atomic E-state index is -0.230. The third kappa shape index (κ3) is 6.16. The van der Waals surface area contributed by atoms with Crippen LogP contribution in [0.15, 0.2) is 23.6 Å². The highest BCUT2D eigenvalue weighted by molar-refractivity contribution is 14.0. The minimum absolute atomic E-state index is 0. The number of halogens is 1. The van der Waals surface area contributed by atoms with Gasteiger partial charge >= 0.3 is 0 Å². The van der Waals surface area contributed by atoms with Crippen molar-refractivity contribution in [3.05, 3.63) is 18.6 Å². The van der Waals surface area contributed by atoms with Crippen molar-refractivity contribution in [3.63, 3.8) is 0 Å². The molecule has 0 aromatic carbocycles. The molecule has 1 atom stereocenters. The van der Waals surface area contributed by atoms with E-state index < -0.39 is 0 Å². The van der Waals surface area contributed by atoms with Gasteiger partial charge in [0.25, 0.3) is 5.91 Å². The molecule has 1 aromatic heterocycles. The molecule has 2 aliphatic rings. The van der Waals surface area contributed by atoms with Gasteiger partial charge in [0, 0.05) is 65.3 Å². The standard InChI is InChI=1S/C17H27N7O2.HI/c1-18-17(22-7-6-21-15-13-19-4-5-20-15)24-10-8-23(9-11-24)16(25)14-3-2-12-26-14;/h4-5,13-14H,2-3,6-12H2,1H3,(H,18,22)(H,20,21);1H. The van der Waals surface area contributed by atoms with Crippen LogP contribution >= 0.6 is 24.0 Å². The van der Waals surface area contributed by atoms with Crippen molar-refractivity contribution in [2.45, 2.75) is 18.9 Å². The summed E-state index contributed by atoms with van der Waals surface area (Å²) in [6.45, 7) is 5.10. The van der Waals surface area contributed by atoms with E-state index >= 15 is 0 Å². The summed E-state index contributed by atoms with van der Waals surface area (Å²) in [5.74, 6) is 1.75.